The van der Waals surface area contributed by atoms with Crippen molar-refractivity contribution >= 4 is 17.6 Å². The number of hydrogen-bond acceptors (Lipinski definition) is 6. The van der Waals surface area contributed by atoms with Crippen molar-refractivity contribution in [1.29, 1.82) is 0 Å². The predicted molar refractivity (Wildman–Crippen MR) is 118 cm³/mol. The van der Waals surface area contributed by atoms with E-state index in [0.717, 1.165) is 11.1 Å². The molecule has 1 saturated heterocycles. The van der Waals surface area contributed by atoms with Crippen molar-refractivity contribution in [1.82, 2.24) is 15.5 Å². The number of rotatable bonds is 4. The van der Waals surface area contributed by atoms with Gasteiger partial charge < -0.3 is 15.0 Å². The van der Waals surface area contributed by atoms with Gasteiger partial charge in [-0.3, -0.25) is 19.7 Å². The van der Waals surface area contributed by atoms with Crippen LogP contribution in [0.2, 0.25) is 0 Å². The minimum atomic E-state index is -0.457. The van der Waals surface area contributed by atoms with Gasteiger partial charge in [0.1, 0.15) is 18.0 Å². The van der Waals surface area contributed by atoms with E-state index in [4.69, 9.17) is 4.74 Å². The van der Waals surface area contributed by atoms with E-state index in [9.17, 15) is 14.4 Å². The summed E-state index contributed by atoms with van der Waals surface area (Å²) in [7, 11) is 0. The molecule has 0 radical (unpaired) electrons. The maximum absolute atomic E-state index is 13.4. The summed E-state index contributed by atoms with van der Waals surface area (Å²) in [5.74, 6) is -0.787. The second-order valence-corrected chi connectivity index (χ2v) is 9.25. The van der Waals surface area contributed by atoms with E-state index in [0.29, 0.717) is 30.8 Å². The second-order valence-electron chi connectivity index (χ2n) is 9.25. The van der Waals surface area contributed by atoms with Crippen LogP contribution in [0, 0.1) is 17.8 Å². The molecule has 3 heterocycles. The molecule has 5 rings (SSSR count). The number of piperidine rings is 1. The van der Waals surface area contributed by atoms with Crippen LogP contribution in [-0.2, 0) is 16.0 Å². The Morgan fingerprint density at radius 1 is 1.25 bits per heavy atom. The largest absolute Gasteiger partial charge is 0.489 e. The van der Waals surface area contributed by atoms with Crippen molar-refractivity contribution in [3.05, 3.63) is 65.7 Å². The van der Waals surface area contributed by atoms with E-state index in [1.165, 1.54) is 0 Å². The van der Waals surface area contributed by atoms with Crippen molar-refractivity contribution in [2.45, 2.75) is 38.8 Å². The van der Waals surface area contributed by atoms with Crippen LogP contribution < -0.4 is 15.4 Å². The maximum Gasteiger partial charge on any atom is 0.230 e. The zero-order valence-electron chi connectivity index (χ0n) is 18.3. The normalized spacial score (nSPS) is 30.9. The van der Waals surface area contributed by atoms with Crippen molar-refractivity contribution in [3.8, 4) is 5.75 Å². The molecule has 4 unspecified atom stereocenters. The lowest BCUT2D eigenvalue weighted by Gasteiger charge is -2.36. The van der Waals surface area contributed by atoms with E-state index >= 15 is 0 Å². The minimum Gasteiger partial charge on any atom is -0.489 e. The molecule has 1 aromatic carbocycles. The van der Waals surface area contributed by atoms with Crippen molar-refractivity contribution in [2.24, 2.45) is 17.8 Å². The Bertz CT molecular complexity index is 1090. The molecule has 7 heteroatoms. The van der Waals surface area contributed by atoms with E-state index in [2.05, 4.69) is 40.8 Å². The quantitative estimate of drug-likeness (QED) is 0.710. The van der Waals surface area contributed by atoms with Crippen LogP contribution in [0.5, 0.6) is 5.75 Å². The summed E-state index contributed by atoms with van der Waals surface area (Å²) >= 11 is 0. The first kappa shape index (κ1) is 20.5. The second kappa shape index (κ2) is 7.65. The molecule has 32 heavy (non-hydrogen) atoms. The van der Waals surface area contributed by atoms with Gasteiger partial charge in [-0.1, -0.05) is 25.1 Å². The van der Waals surface area contributed by atoms with Gasteiger partial charge in [-0.05, 0) is 37.8 Å². The monoisotopic (exact) mass is 433 g/mol. The number of nitrogens with one attached hydrogen (secondary N) is 2. The van der Waals surface area contributed by atoms with Gasteiger partial charge in [0.05, 0.1) is 0 Å². The molecule has 0 spiro atoms. The Balaban J connectivity index is 1.35. The summed E-state index contributed by atoms with van der Waals surface area (Å²) in [6.07, 6.45) is 11.5. The van der Waals surface area contributed by atoms with Crippen molar-refractivity contribution < 1.29 is 19.1 Å². The Labute approximate surface area is 187 Å². The molecule has 0 aromatic heterocycles. The fourth-order valence-electron chi connectivity index (χ4n) is 5.23. The van der Waals surface area contributed by atoms with E-state index in [-0.39, 0.29) is 35.6 Å². The van der Waals surface area contributed by atoms with Crippen molar-refractivity contribution in [3.63, 3.8) is 0 Å². The summed E-state index contributed by atoms with van der Waals surface area (Å²) in [6.45, 7) is 4.50. The maximum atomic E-state index is 13.4. The highest BCUT2D eigenvalue weighted by Crippen LogP contribution is 2.40. The number of imide groups is 1. The molecular weight excluding hydrogens is 406 g/mol. The molecule has 0 saturated carbocycles. The number of carbonyl (C=O) groups excluding carboxylic acids is 3. The Morgan fingerprint density at radius 2 is 2.09 bits per heavy atom. The first-order chi connectivity index (χ1) is 15.4. The number of fused-ring (bicyclic) bond motifs is 2. The summed E-state index contributed by atoms with van der Waals surface area (Å²) in [4.78, 5) is 39.5. The van der Waals surface area contributed by atoms with Crippen LogP contribution in [0.1, 0.15) is 42.6 Å². The summed E-state index contributed by atoms with van der Waals surface area (Å²) in [6, 6.07) is 5.56. The molecule has 0 bridgehead atoms. The lowest BCUT2D eigenvalue weighted by molar-refractivity contribution is -0.137. The molecule has 2 amide bonds. The number of amides is 2. The third-order valence-corrected chi connectivity index (χ3v) is 7.02. The van der Waals surface area contributed by atoms with Crippen LogP contribution in [0.25, 0.3) is 0 Å². The Hall–Kier alpha value is -3.35. The van der Waals surface area contributed by atoms with Crippen LogP contribution in [0.15, 0.2) is 54.5 Å². The molecule has 166 valence electrons. The fourth-order valence-corrected chi connectivity index (χ4v) is 5.23. The number of carbonyl (C=O) groups is 3. The Morgan fingerprint density at radius 3 is 2.91 bits per heavy atom. The molecule has 1 fully saturated rings. The van der Waals surface area contributed by atoms with Gasteiger partial charge in [-0.2, -0.15) is 0 Å². The van der Waals surface area contributed by atoms with Crippen LogP contribution >= 0.6 is 0 Å². The van der Waals surface area contributed by atoms with E-state index < -0.39 is 11.8 Å². The van der Waals surface area contributed by atoms with Gasteiger partial charge in [-0.25, -0.2) is 0 Å². The van der Waals surface area contributed by atoms with E-state index in [1.54, 1.807) is 0 Å². The summed E-state index contributed by atoms with van der Waals surface area (Å²) in [5.41, 5.74) is 2.33. The lowest BCUT2D eigenvalue weighted by Crippen LogP contribution is -2.48. The Kier molecular flexibility index (Phi) is 4.92. The highest BCUT2D eigenvalue weighted by molar-refractivity contribution is 6.06. The topological polar surface area (TPSA) is 87.7 Å². The molecule has 4 aliphatic rings. The smallest absolute Gasteiger partial charge is 0.230 e. The van der Waals surface area contributed by atoms with Gasteiger partial charge in [0, 0.05) is 53.6 Å². The number of ketones is 1. The first-order valence-corrected chi connectivity index (χ1v) is 11.1. The molecule has 2 N–H and O–H groups in total. The molecule has 1 aromatic rings. The number of nitrogens with zero attached hydrogens (tertiary/aromatic N) is 1. The average Bonchev–Trinajstić information content (AvgIpc) is 3.14. The molecule has 3 aliphatic heterocycles. The predicted octanol–water partition coefficient (Wildman–Crippen LogP) is 2.66. The third kappa shape index (κ3) is 3.42. The van der Waals surface area contributed by atoms with Gasteiger partial charge in [-0.15, -0.1) is 0 Å². The fraction of sp³-hybridized carbons (Fsp3) is 0.400. The summed E-state index contributed by atoms with van der Waals surface area (Å²) in [5, 5.41) is 5.70. The number of benzene rings is 1. The zero-order valence-corrected chi connectivity index (χ0v) is 18.3. The van der Waals surface area contributed by atoms with Crippen molar-refractivity contribution in [2.75, 3.05) is 6.61 Å². The standard InChI is InChI=1S/C25H27N3O4/c1-15-12-19-17(23(30)22(15)18-6-7-21(29)27-24(18)31)4-3-5-20(19)32-14-16-8-9-25(2)26-10-11-28(25)13-16/h3-5,8-11,13,15,18,22,26H,6-7,12,14H2,1-2H3,(H,27,29,31). The average molecular weight is 434 g/mol. The number of Topliss-reactive ketones (excluding diaryl/α,β-unsaturated/α-hetero) is 1. The number of ether oxygens (including phenoxy) is 1. The highest BCUT2D eigenvalue weighted by Gasteiger charge is 2.44. The van der Waals surface area contributed by atoms with Gasteiger partial charge >= 0.3 is 0 Å². The highest BCUT2D eigenvalue weighted by atomic mass is 16.5. The molecule has 1 aliphatic carbocycles. The van der Waals surface area contributed by atoms with Gasteiger partial charge in [0.25, 0.3) is 0 Å². The van der Waals surface area contributed by atoms with Crippen LogP contribution in [0.4, 0.5) is 0 Å². The molecule has 7 nitrogen and oxygen atoms in total. The van der Waals surface area contributed by atoms with E-state index in [1.807, 2.05) is 37.5 Å². The lowest BCUT2D eigenvalue weighted by atomic mass is 9.68. The molecule has 4 atom stereocenters. The van der Waals surface area contributed by atoms with Crippen LogP contribution in [0.3, 0.4) is 0 Å². The third-order valence-electron chi connectivity index (χ3n) is 7.02. The first-order valence-electron chi connectivity index (χ1n) is 11.1. The van der Waals surface area contributed by atoms with Gasteiger partial charge in [0.15, 0.2) is 5.78 Å². The van der Waals surface area contributed by atoms with Gasteiger partial charge in [0.2, 0.25) is 11.8 Å². The van der Waals surface area contributed by atoms with Crippen LogP contribution in [-0.4, -0.2) is 34.8 Å². The minimum absolute atomic E-state index is 0.0148. The SMILES string of the molecule is CC1Cc2c(OCC3=CN4C=CNC4(C)C=C3)cccc2C(=O)C1C1CCC(=O)NC1=O. The zero-order chi connectivity index (χ0) is 22.5. The number of hydrogen-bond donors (Lipinski definition) is 2. The molecular formula is C25H27N3O4. The summed E-state index contributed by atoms with van der Waals surface area (Å²) < 4.78 is 6.17.